The molecular weight excluding hydrogens is 401 g/mol. The zero-order valence-corrected chi connectivity index (χ0v) is 17.5. The summed E-state index contributed by atoms with van der Waals surface area (Å²) in [5, 5.41) is 3.76. The highest BCUT2D eigenvalue weighted by Crippen LogP contribution is 2.47. The number of aryl methyl sites for hydroxylation is 3. The SMILES string of the molecule is O=C(CCc1nc2sc3c(c2c(=O)[nH]1)CCCC3)NCC1(c2ccc(F)cc2)CC1. The number of amides is 1. The summed E-state index contributed by atoms with van der Waals surface area (Å²) in [5.74, 6) is 0.265. The first kappa shape index (κ1) is 19.4. The Labute approximate surface area is 177 Å². The maximum absolute atomic E-state index is 13.2. The van der Waals surface area contributed by atoms with Gasteiger partial charge in [0, 0.05) is 29.7 Å². The van der Waals surface area contributed by atoms with E-state index >= 15 is 0 Å². The first-order valence-electron chi connectivity index (χ1n) is 10.6. The molecule has 1 fully saturated rings. The second-order valence-corrected chi connectivity index (χ2v) is 9.55. The molecule has 1 amide bonds. The van der Waals surface area contributed by atoms with Crippen LogP contribution in [0.25, 0.3) is 10.2 Å². The minimum Gasteiger partial charge on any atom is -0.355 e. The van der Waals surface area contributed by atoms with Crippen LogP contribution < -0.4 is 10.9 Å². The van der Waals surface area contributed by atoms with Crippen molar-refractivity contribution < 1.29 is 9.18 Å². The monoisotopic (exact) mass is 425 g/mol. The molecule has 2 aromatic heterocycles. The topological polar surface area (TPSA) is 74.8 Å². The van der Waals surface area contributed by atoms with Gasteiger partial charge < -0.3 is 10.3 Å². The van der Waals surface area contributed by atoms with Crippen LogP contribution in [0.15, 0.2) is 29.1 Å². The molecule has 1 aromatic carbocycles. The predicted octanol–water partition coefficient (Wildman–Crippen LogP) is 3.78. The first-order chi connectivity index (χ1) is 14.5. The van der Waals surface area contributed by atoms with E-state index in [1.54, 1.807) is 23.5 Å². The normalized spacial score (nSPS) is 17.0. The largest absolute Gasteiger partial charge is 0.355 e. The summed E-state index contributed by atoms with van der Waals surface area (Å²) in [6, 6.07) is 6.55. The van der Waals surface area contributed by atoms with Crippen LogP contribution in [0.1, 0.15) is 53.9 Å². The van der Waals surface area contributed by atoms with Gasteiger partial charge in [0.05, 0.1) is 5.39 Å². The fourth-order valence-electron chi connectivity index (χ4n) is 4.44. The van der Waals surface area contributed by atoms with E-state index in [1.165, 1.54) is 29.0 Å². The lowest BCUT2D eigenvalue weighted by atomic mass is 9.96. The smallest absolute Gasteiger partial charge is 0.259 e. The number of carbonyl (C=O) groups excluding carboxylic acids is 1. The van der Waals surface area contributed by atoms with E-state index in [2.05, 4.69) is 15.3 Å². The Hall–Kier alpha value is -2.54. The van der Waals surface area contributed by atoms with Gasteiger partial charge in [0.2, 0.25) is 5.91 Å². The van der Waals surface area contributed by atoms with Crippen molar-refractivity contribution in [3.63, 3.8) is 0 Å². The van der Waals surface area contributed by atoms with Gasteiger partial charge in [0.25, 0.3) is 5.56 Å². The maximum atomic E-state index is 13.2. The second-order valence-electron chi connectivity index (χ2n) is 8.47. The number of benzene rings is 1. The third-order valence-electron chi connectivity index (χ3n) is 6.40. The molecular formula is C23H24FN3O2S. The number of nitrogens with one attached hydrogen (secondary N) is 2. The molecule has 0 spiro atoms. The summed E-state index contributed by atoms with van der Waals surface area (Å²) in [7, 11) is 0. The molecule has 0 atom stereocenters. The van der Waals surface area contributed by atoms with Gasteiger partial charge in [0.1, 0.15) is 16.5 Å². The quantitative estimate of drug-likeness (QED) is 0.631. The molecule has 2 N–H and O–H groups in total. The highest BCUT2D eigenvalue weighted by Gasteiger charge is 2.44. The number of rotatable bonds is 6. The fourth-order valence-corrected chi connectivity index (χ4v) is 5.72. The molecule has 2 heterocycles. The second kappa shape index (κ2) is 7.61. The Morgan fingerprint density at radius 2 is 1.97 bits per heavy atom. The summed E-state index contributed by atoms with van der Waals surface area (Å²) in [4.78, 5) is 34.6. The van der Waals surface area contributed by atoms with Crippen LogP contribution >= 0.6 is 11.3 Å². The Morgan fingerprint density at radius 3 is 2.73 bits per heavy atom. The van der Waals surface area contributed by atoms with Gasteiger partial charge in [-0.1, -0.05) is 12.1 Å². The minimum atomic E-state index is -0.247. The maximum Gasteiger partial charge on any atom is 0.259 e. The molecule has 2 aliphatic rings. The number of hydrogen-bond acceptors (Lipinski definition) is 4. The number of aromatic nitrogens is 2. The van der Waals surface area contributed by atoms with Gasteiger partial charge in [-0.05, 0) is 61.8 Å². The van der Waals surface area contributed by atoms with E-state index in [0.717, 1.165) is 47.9 Å². The van der Waals surface area contributed by atoms with Crippen LogP contribution in [0, 0.1) is 5.82 Å². The average molecular weight is 426 g/mol. The van der Waals surface area contributed by atoms with Crippen molar-refractivity contribution in [2.24, 2.45) is 0 Å². The van der Waals surface area contributed by atoms with Crippen molar-refractivity contribution in [2.45, 2.75) is 56.8 Å². The third-order valence-corrected chi connectivity index (χ3v) is 7.58. The number of H-pyrrole nitrogens is 1. The number of fused-ring (bicyclic) bond motifs is 3. The number of hydrogen-bond donors (Lipinski definition) is 2. The Kier molecular flexibility index (Phi) is 4.93. The Morgan fingerprint density at radius 1 is 1.20 bits per heavy atom. The van der Waals surface area contributed by atoms with E-state index < -0.39 is 0 Å². The summed E-state index contributed by atoms with van der Waals surface area (Å²) in [5.41, 5.74) is 2.10. The number of carbonyl (C=O) groups is 1. The van der Waals surface area contributed by atoms with Crippen LogP contribution in [0.4, 0.5) is 4.39 Å². The number of thiophene rings is 1. The average Bonchev–Trinajstić information content (AvgIpc) is 3.44. The number of nitrogens with zero attached hydrogens (tertiary/aromatic N) is 1. The van der Waals surface area contributed by atoms with Crippen molar-refractivity contribution in [2.75, 3.05) is 6.54 Å². The summed E-state index contributed by atoms with van der Waals surface area (Å²) >= 11 is 1.62. The van der Waals surface area contributed by atoms with E-state index in [4.69, 9.17) is 0 Å². The lowest BCUT2D eigenvalue weighted by Gasteiger charge is -2.16. The molecule has 0 saturated heterocycles. The van der Waals surface area contributed by atoms with Gasteiger partial charge in [-0.3, -0.25) is 9.59 Å². The zero-order chi connectivity index (χ0) is 20.7. The lowest BCUT2D eigenvalue weighted by molar-refractivity contribution is -0.121. The highest BCUT2D eigenvalue weighted by atomic mass is 32.1. The van der Waals surface area contributed by atoms with Crippen LogP contribution in [0.2, 0.25) is 0 Å². The molecule has 0 aliphatic heterocycles. The first-order valence-corrected chi connectivity index (χ1v) is 11.4. The van der Waals surface area contributed by atoms with Crippen LogP contribution in [-0.4, -0.2) is 22.4 Å². The molecule has 156 valence electrons. The molecule has 0 radical (unpaired) electrons. The van der Waals surface area contributed by atoms with Gasteiger partial charge in [-0.2, -0.15) is 0 Å². The third kappa shape index (κ3) is 3.67. The van der Waals surface area contributed by atoms with Crippen LogP contribution in [0.5, 0.6) is 0 Å². The molecule has 0 bridgehead atoms. The Balaban J connectivity index is 1.22. The summed E-state index contributed by atoms with van der Waals surface area (Å²) < 4.78 is 13.2. The van der Waals surface area contributed by atoms with Crippen molar-refractivity contribution in [3.8, 4) is 0 Å². The van der Waals surface area contributed by atoms with E-state index in [1.807, 2.05) is 0 Å². The Bertz CT molecular complexity index is 1160. The highest BCUT2D eigenvalue weighted by molar-refractivity contribution is 7.18. The standard InChI is InChI=1S/C23H24FN3O2S/c24-15-7-5-14(6-8-15)23(11-12-23)13-25-19(28)10-9-18-26-21(29)20-16-3-1-2-4-17(16)30-22(20)27-18/h5-8H,1-4,9-13H2,(H,25,28)(H,26,27,29). The minimum absolute atomic E-state index is 0.0587. The molecule has 2 aliphatic carbocycles. The van der Waals surface area contributed by atoms with E-state index in [-0.39, 0.29) is 29.1 Å². The molecule has 1 saturated carbocycles. The predicted molar refractivity (Wildman–Crippen MR) is 116 cm³/mol. The van der Waals surface area contributed by atoms with Crippen LogP contribution in [-0.2, 0) is 29.5 Å². The van der Waals surface area contributed by atoms with Crippen molar-refractivity contribution in [1.29, 1.82) is 0 Å². The fraction of sp³-hybridized carbons (Fsp3) is 0.435. The molecule has 7 heteroatoms. The summed E-state index contributed by atoms with van der Waals surface area (Å²) in [6.07, 6.45) is 6.95. The van der Waals surface area contributed by atoms with Gasteiger partial charge in [-0.25, -0.2) is 9.37 Å². The molecule has 5 rings (SSSR count). The van der Waals surface area contributed by atoms with E-state index in [9.17, 15) is 14.0 Å². The molecule has 0 unspecified atom stereocenters. The van der Waals surface area contributed by atoms with Gasteiger partial charge in [0.15, 0.2) is 0 Å². The lowest BCUT2D eigenvalue weighted by Crippen LogP contribution is -2.32. The van der Waals surface area contributed by atoms with Crippen molar-refractivity contribution in [3.05, 3.63) is 62.3 Å². The van der Waals surface area contributed by atoms with E-state index in [0.29, 0.717) is 18.8 Å². The molecule has 5 nitrogen and oxygen atoms in total. The molecule has 30 heavy (non-hydrogen) atoms. The van der Waals surface area contributed by atoms with Gasteiger partial charge >= 0.3 is 0 Å². The number of aromatic amines is 1. The van der Waals surface area contributed by atoms with Crippen LogP contribution in [0.3, 0.4) is 0 Å². The summed E-state index contributed by atoms with van der Waals surface area (Å²) in [6.45, 7) is 0.554. The number of halogens is 1. The van der Waals surface area contributed by atoms with Crippen molar-refractivity contribution in [1.82, 2.24) is 15.3 Å². The van der Waals surface area contributed by atoms with Gasteiger partial charge in [-0.15, -0.1) is 11.3 Å². The molecule has 3 aromatic rings. The zero-order valence-electron chi connectivity index (χ0n) is 16.7. The van der Waals surface area contributed by atoms with Crippen molar-refractivity contribution >= 4 is 27.5 Å².